The van der Waals surface area contributed by atoms with Crippen LogP contribution in [0.25, 0.3) is 5.69 Å². The predicted octanol–water partition coefficient (Wildman–Crippen LogP) is 3.39. The van der Waals surface area contributed by atoms with Gasteiger partial charge in [-0.1, -0.05) is 48.2 Å². The van der Waals surface area contributed by atoms with E-state index >= 15 is 0 Å². The van der Waals surface area contributed by atoms with Gasteiger partial charge in [-0.2, -0.15) is 0 Å². The first kappa shape index (κ1) is 20.5. The number of hydrogen-bond acceptors (Lipinski definition) is 5. The highest BCUT2D eigenvalue weighted by atomic mass is 32.2. The molecule has 0 unspecified atom stereocenters. The molecule has 8 heteroatoms. The molecule has 0 bridgehead atoms. The van der Waals surface area contributed by atoms with Crippen LogP contribution >= 0.6 is 11.8 Å². The Balaban J connectivity index is 1.45. The zero-order valence-electron chi connectivity index (χ0n) is 16.0. The van der Waals surface area contributed by atoms with Crippen molar-refractivity contribution < 1.29 is 14.3 Å². The van der Waals surface area contributed by atoms with Gasteiger partial charge < -0.3 is 10.1 Å². The number of carbonyl (C=O) groups is 2. The van der Waals surface area contributed by atoms with E-state index < -0.39 is 6.03 Å². The van der Waals surface area contributed by atoms with Gasteiger partial charge in [0.25, 0.3) is 0 Å². The minimum absolute atomic E-state index is 0.203. The molecule has 3 aromatic rings. The van der Waals surface area contributed by atoms with Gasteiger partial charge in [-0.05, 0) is 17.7 Å². The summed E-state index contributed by atoms with van der Waals surface area (Å²) < 4.78 is 7.19. The Hall–Kier alpha value is -3.26. The first-order chi connectivity index (χ1) is 14.2. The lowest BCUT2D eigenvalue weighted by atomic mass is 10.2. The van der Waals surface area contributed by atoms with Gasteiger partial charge in [-0.25, -0.2) is 9.78 Å². The third-order valence-corrected chi connectivity index (χ3v) is 5.02. The summed E-state index contributed by atoms with van der Waals surface area (Å²) in [6.07, 6.45) is 3.77. The first-order valence-corrected chi connectivity index (χ1v) is 10.1. The van der Waals surface area contributed by atoms with E-state index in [4.69, 9.17) is 4.74 Å². The van der Waals surface area contributed by atoms with Gasteiger partial charge in [0, 0.05) is 37.2 Å². The Morgan fingerprint density at radius 3 is 2.76 bits per heavy atom. The third kappa shape index (κ3) is 6.11. The van der Waals surface area contributed by atoms with Gasteiger partial charge >= 0.3 is 6.03 Å². The second-order valence-corrected chi connectivity index (χ2v) is 7.16. The average Bonchev–Trinajstić information content (AvgIpc) is 3.21. The van der Waals surface area contributed by atoms with E-state index in [0.717, 1.165) is 22.2 Å². The number of carbonyl (C=O) groups excluding carboxylic acids is 2. The summed E-state index contributed by atoms with van der Waals surface area (Å²) in [7, 11) is 1.62. The Kier molecular flexibility index (Phi) is 7.29. The molecule has 0 radical (unpaired) electrons. The van der Waals surface area contributed by atoms with Crippen molar-refractivity contribution in [2.75, 3.05) is 12.9 Å². The molecule has 0 aliphatic rings. The van der Waals surface area contributed by atoms with Crippen molar-refractivity contribution in [3.05, 3.63) is 72.6 Å². The Morgan fingerprint density at radius 2 is 1.97 bits per heavy atom. The van der Waals surface area contributed by atoms with Crippen molar-refractivity contribution in [1.82, 2.24) is 20.2 Å². The number of imide groups is 1. The maximum atomic E-state index is 12.0. The average molecular weight is 410 g/mol. The van der Waals surface area contributed by atoms with Gasteiger partial charge in [-0.3, -0.25) is 14.7 Å². The Bertz CT molecular complexity index is 959. The van der Waals surface area contributed by atoms with E-state index in [2.05, 4.69) is 15.6 Å². The second-order valence-electron chi connectivity index (χ2n) is 6.10. The van der Waals surface area contributed by atoms with E-state index in [1.807, 2.05) is 65.4 Å². The number of amides is 3. The molecule has 2 N–H and O–H groups in total. The number of nitrogens with one attached hydrogen (secondary N) is 2. The van der Waals surface area contributed by atoms with Crippen molar-refractivity contribution in [2.45, 2.75) is 18.1 Å². The topological polar surface area (TPSA) is 85.2 Å². The van der Waals surface area contributed by atoms with E-state index in [1.165, 1.54) is 11.8 Å². The van der Waals surface area contributed by atoms with Crippen LogP contribution in [0.15, 0.2) is 72.1 Å². The smallest absolute Gasteiger partial charge is 0.321 e. The molecule has 0 saturated carbocycles. The molecule has 3 rings (SSSR count). The molecule has 29 heavy (non-hydrogen) atoms. The fraction of sp³-hybridized carbons (Fsp3) is 0.190. The van der Waals surface area contributed by atoms with Gasteiger partial charge in [0.15, 0.2) is 5.16 Å². The Morgan fingerprint density at radius 1 is 1.14 bits per heavy atom. The fourth-order valence-corrected chi connectivity index (χ4v) is 3.51. The molecule has 150 valence electrons. The minimum Gasteiger partial charge on any atom is -0.497 e. The SMILES string of the molecule is COc1cccc(-n2ccnc2SCCC(=O)NC(=O)NCc2ccccc2)c1. The number of nitrogens with zero attached hydrogens (tertiary/aromatic N) is 2. The van der Waals surface area contributed by atoms with E-state index in [0.29, 0.717) is 12.3 Å². The first-order valence-electron chi connectivity index (χ1n) is 9.08. The van der Waals surface area contributed by atoms with Crippen LogP contribution in [0.5, 0.6) is 5.75 Å². The second kappa shape index (κ2) is 10.3. The summed E-state index contributed by atoms with van der Waals surface area (Å²) in [6, 6.07) is 16.7. The molecule has 2 aromatic carbocycles. The zero-order chi connectivity index (χ0) is 20.5. The summed E-state index contributed by atoms with van der Waals surface area (Å²) >= 11 is 1.45. The van der Waals surface area contributed by atoms with Crippen molar-refractivity contribution in [3.63, 3.8) is 0 Å². The number of hydrogen-bond donors (Lipinski definition) is 2. The van der Waals surface area contributed by atoms with Crippen molar-refractivity contribution in [2.24, 2.45) is 0 Å². The van der Waals surface area contributed by atoms with Crippen LogP contribution in [0.4, 0.5) is 4.79 Å². The number of thioether (sulfide) groups is 1. The zero-order valence-corrected chi connectivity index (χ0v) is 16.8. The molecule has 0 fully saturated rings. The highest BCUT2D eigenvalue weighted by Gasteiger charge is 2.10. The molecule has 0 aliphatic carbocycles. The van der Waals surface area contributed by atoms with Crippen LogP contribution in [0, 0.1) is 0 Å². The quantitative estimate of drug-likeness (QED) is 0.556. The lowest BCUT2D eigenvalue weighted by Crippen LogP contribution is -2.39. The number of urea groups is 1. The lowest BCUT2D eigenvalue weighted by Gasteiger charge is -2.09. The summed E-state index contributed by atoms with van der Waals surface area (Å²) in [6.45, 7) is 0.368. The Labute approximate surface area is 173 Å². The molecule has 0 aliphatic heterocycles. The molecule has 0 atom stereocenters. The molecule has 3 amide bonds. The highest BCUT2D eigenvalue weighted by Crippen LogP contribution is 2.23. The van der Waals surface area contributed by atoms with Gasteiger partial charge in [-0.15, -0.1) is 0 Å². The molecular formula is C21H22N4O3S. The van der Waals surface area contributed by atoms with Gasteiger partial charge in [0.05, 0.1) is 12.8 Å². The summed E-state index contributed by atoms with van der Waals surface area (Å²) in [4.78, 5) is 28.2. The monoisotopic (exact) mass is 410 g/mol. The molecule has 7 nitrogen and oxygen atoms in total. The maximum Gasteiger partial charge on any atom is 0.321 e. The summed E-state index contributed by atoms with van der Waals surface area (Å²) in [5, 5.41) is 5.78. The molecule has 0 spiro atoms. The van der Waals surface area contributed by atoms with Gasteiger partial charge in [0.1, 0.15) is 5.75 Å². The molecule has 1 aromatic heterocycles. The molecular weight excluding hydrogens is 388 g/mol. The number of methoxy groups -OCH3 is 1. The number of benzene rings is 2. The van der Waals surface area contributed by atoms with Crippen LogP contribution in [0.1, 0.15) is 12.0 Å². The minimum atomic E-state index is -0.498. The number of rotatable bonds is 8. The fourth-order valence-electron chi connectivity index (χ4n) is 2.60. The largest absolute Gasteiger partial charge is 0.497 e. The highest BCUT2D eigenvalue weighted by molar-refractivity contribution is 7.99. The summed E-state index contributed by atoms with van der Waals surface area (Å²) in [5.74, 6) is 0.925. The third-order valence-electron chi connectivity index (χ3n) is 4.05. The van der Waals surface area contributed by atoms with Crippen molar-refractivity contribution in [3.8, 4) is 11.4 Å². The summed E-state index contributed by atoms with van der Waals surface area (Å²) in [5.41, 5.74) is 1.89. The van der Waals surface area contributed by atoms with E-state index in [9.17, 15) is 9.59 Å². The maximum absolute atomic E-state index is 12.0. The number of aromatic nitrogens is 2. The number of ether oxygens (including phenoxy) is 1. The van der Waals surface area contributed by atoms with Crippen LogP contribution < -0.4 is 15.4 Å². The predicted molar refractivity (Wildman–Crippen MR) is 112 cm³/mol. The van der Waals surface area contributed by atoms with E-state index in [1.54, 1.807) is 13.3 Å². The standard InChI is InChI=1S/C21H22N4O3S/c1-28-18-9-5-8-17(14-18)25-12-11-22-21(25)29-13-10-19(26)24-20(27)23-15-16-6-3-2-4-7-16/h2-9,11-12,14H,10,13,15H2,1H3,(H2,23,24,26,27). The van der Waals surface area contributed by atoms with Crippen LogP contribution in [-0.2, 0) is 11.3 Å². The molecule has 1 heterocycles. The van der Waals surface area contributed by atoms with E-state index in [-0.39, 0.29) is 12.3 Å². The normalized spacial score (nSPS) is 10.4. The molecule has 0 saturated heterocycles. The van der Waals surface area contributed by atoms with Crippen LogP contribution in [-0.4, -0.2) is 34.4 Å². The number of imidazole rings is 1. The van der Waals surface area contributed by atoms with Gasteiger partial charge in [0.2, 0.25) is 5.91 Å². The lowest BCUT2D eigenvalue weighted by molar-refractivity contribution is -0.119. The van der Waals surface area contributed by atoms with Crippen molar-refractivity contribution >= 4 is 23.7 Å². The van der Waals surface area contributed by atoms with Crippen LogP contribution in [0.3, 0.4) is 0 Å². The van der Waals surface area contributed by atoms with Crippen LogP contribution in [0.2, 0.25) is 0 Å². The van der Waals surface area contributed by atoms with Crippen molar-refractivity contribution in [1.29, 1.82) is 0 Å².